The molecule has 3 heteroatoms. The lowest BCUT2D eigenvalue weighted by Crippen LogP contribution is -2.50. The molecule has 102 valence electrons. The fourth-order valence-electron chi connectivity index (χ4n) is 2.26. The van der Waals surface area contributed by atoms with E-state index in [9.17, 15) is 4.79 Å². The third-order valence-corrected chi connectivity index (χ3v) is 3.44. The lowest BCUT2D eigenvalue weighted by Gasteiger charge is -2.38. The van der Waals surface area contributed by atoms with Crippen LogP contribution in [-0.4, -0.2) is 24.1 Å². The minimum atomic E-state index is -0.191. The van der Waals surface area contributed by atoms with Gasteiger partial charge in [-0.2, -0.15) is 0 Å². The van der Waals surface area contributed by atoms with Gasteiger partial charge in [-0.25, -0.2) is 4.79 Å². The van der Waals surface area contributed by atoms with Crippen LogP contribution in [-0.2, 0) is 11.3 Å². The number of carbonyl (C=O) groups excluding carboxylic acids is 1. The van der Waals surface area contributed by atoms with Crippen molar-refractivity contribution in [3.05, 3.63) is 48.6 Å². The van der Waals surface area contributed by atoms with E-state index >= 15 is 0 Å². The number of unbranched alkanes of at least 4 members (excludes halogenated alkanes) is 1. The molecule has 0 N–H and O–H groups in total. The molecule has 1 fully saturated rings. The van der Waals surface area contributed by atoms with Crippen LogP contribution in [0.4, 0.5) is 4.79 Å². The van der Waals surface area contributed by atoms with Crippen molar-refractivity contribution in [3.8, 4) is 0 Å². The molecule has 3 nitrogen and oxygen atoms in total. The highest BCUT2D eigenvalue weighted by Gasteiger charge is 2.30. The number of hydrogen-bond acceptors (Lipinski definition) is 2. The van der Waals surface area contributed by atoms with Crippen LogP contribution in [0.3, 0.4) is 0 Å². The zero-order valence-electron chi connectivity index (χ0n) is 11.3. The average Bonchev–Trinajstić information content (AvgIpc) is 2.40. The number of rotatable bonds is 6. The first-order valence-corrected chi connectivity index (χ1v) is 6.86. The number of allylic oxidation sites excluding steroid dienone is 1. The quantitative estimate of drug-likeness (QED) is 0.577. The Bertz CT molecular complexity index is 410. The largest absolute Gasteiger partial charge is 0.445 e. The molecule has 1 aromatic rings. The van der Waals surface area contributed by atoms with Crippen molar-refractivity contribution in [1.29, 1.82) is 0 Å². The molecule has 1 aliphatic rings. The molecule has 0 aliphatic carbocycles. The number of hydrogen-bond donors (Lipinski definition) is 0. The van der Waals surface area contributed by atoms with Gasteiger partial charge in [-0.05, 0) is 30.7 Å². The molecule has 1 saturated heterocycles. The molecule has 0 radical (unpaired) electrons. The minimum Gasteiger partial charge on any atom is -0.445 e. The topological polar surface area (TPSA) is 29.5 Å². The van der Waals surface area contributed by atoms with Crippen LogP contribution >= 0.6 is 0 Å². The number of carbonyl (C=O) groups is 1. The first-order chi connectivity index (χ1) is 9.29. The molecule has 0 saturated carbocycles. The van der Waals surface area contributed by atoms with Gasteiger partial charge in [-0.1, -0.05) is 36.4 Å². The Morgan fingerprint density at radius 3 is 2.79 bits per heavy atom. The number of likely N-dealkylation sites (tertiary alicyclic amines) is 1. The van der Waals surface area contributed by atoms with Gasteiger partial charge in [-0.3, -0.25) is 0 Å². The second kappa shape index (κ2) is 6.98. The molecule has 0 spiro atoms. The summed E-state index contributed by atoms with van der Waals surface area (Å²) in [6.45, 7) is 5.75. The normalized spacial score (nSPS) is 14.8. The summed E-state index contributed by atoms with van der Waals surface area (Å²) < 4.78 is 5.28. The molecule has 1 heterocycles. The number of nitrogens with zero attached hydrogens (tertiary/aromatic N) is 1. The zero-order valence-corrected chi connectivity index (χ0v) is 11.3. The van der Waals surface area contributed by atoms with Crippen molar-refractivity contribution >= 4 is 6.09 Å². The van der Waals surface area contributed by atoms with E-state index in [1.165, 1.54) is 12.8 Å². The Morgan fingerprint density at radius 2 is 2.11 bits per heavy atom. The van der Waals surface area contributed by atoms with Gasteiger partial charge in [0.2, 0.25) is 0 Å². The molecule has 0 aromatic heterocycles. The van der Waals surface area contributed by atoms with Gasteiger partial charge in [0.25, 0.3) is 0 Å². The summed E-state index contributed by atoms with van der Waals surface area (Å²) in [4.78, 5) is 13.5. The molecule has 2 rings (SSSR count). The molecule has 1 aliphatic heterocycles. The molecular weight excluding hydrogens is 238 g/mol. The number of amides is 1. The van der Waals surface area contributed by atoms with Crippen LogP contribution in [0.15, 0.2) is 43.0 Å². The summed E-state index contributed by atoms with van der Waals surface area (Å²) >= 11 is 0. The SMILES string of the molecule is C=CCCCC1CN(C(=O)OCc2ccccc2)C1. The highest BCUT2D eigenvalue weighted by Crippen LogP contribution is 2.22. The van der Waals surface area contributed by atoms with Crippen molar-refractivity contribution < 1.29 is 9.53 Å². The van der Waals surface area contributed by atoms with Gasteiger partial charge in [0.1, 0.15) is 6.61 Å². The van der Waals surface area contributed by atoms with Gasteiger partial charge in [0.15, 0.2) is 0 Å². The van der Waals surface area contributed by atoms with Crippen LogP contribution in [0.2, 0.25) is 0 Å². The Hall–Kier alpha value is -1.77. The van der Waals surface area contributed by atoms with Crippen LogP contribution in [0.25, 0.3) is 0 Å². The molecule has 1 amide bonds. The summed E-state index contributed by atoms with van der Waals surface area (Å²) in [5, 5.41) is 0. The lowest BCUT2D eigenvalue weighted by molar-refractivity contribution is 0.0467. The van der Waals surface area contributed by atoms with E-state index in [2.05, 4.69) is 6.58 Å². The second-order valence-electron chi connectivity index (χ2n) is 5.03. The van der Waals surface area contributed by atoms with Gasteiger partial charge >= 0.3 is 6.09 Å². The van der Waals surface area contributed by atoms with Crippen molar-refractivity contribution in [3.63, 3.8) is 0 Å². The number of benzene rings is 1. The van der Waals surface area contributed by atoms with E-state index in [0.29, 0.717) is 12.5 Å². The summed E-state index contributed by atoms with van der Waals surface area (Å²) in [7, 11) is 0. The fraction of sp³-hybridized carbons (Fsp3) is 0.438. The lowest BCUT2D eigenvalue weighted by atomic mass is 9.94. The van der Waals surface area contributed by atoms with E-state index in [1.807, 2.05) is 36.4 Å². The molecule has 0 unspecified atom stereocenters. The average molecular weight is 259 g/mol. The third kappa shape index (κ3) is 4.12. The molecule has 19 heavy (non-hydrogen) atoms. The monoisotopic (exact) mass is 259 g/mol. The van der Waals surface area contributed by atoms with Crippen molar-refractivity contribution in [1.82, 2.24) is 4.90 Å². The predicted octanol–water partition coefficient (Wildman–Crippen LogP) is 3.61. The van der Waals surface area contributed by atoms with Gasteiger partial charge in [0, 0.05) is 13.1 Å². The van der Waals surface area contributed by atoms with Gasteiger partial charge in [0.05, 0.1) is 0 Å². The first kappa shape index (κ1) is 13.7. The van der Waals surface area contributed by atoms with E-state index in [1.54, 1.807) is 4.90 Å². The predicted molar refractivity (Wildman–Crippen MR) is 75.7 cm³/mol. The summed E-state index contributed by atoms with van der Waals surface area (Å²) in [6.07, 6.45) is 5.17. The fourth-order valence-corrected chi connectivity index (χ4v) is 2.26. The maximum absolute atomic E-state index is 11.8. The van der Waals surface area contributed by atoms with Crippen LogP contribution < -0.4 is 0 Å². The van der Waals surface area contributed by atoms with Crippen LogP contribution in [0.1, 0.15) is 24.8 Å². The van der Waals surface area contributed by atoms with Crippen LogP contribution in [0, 0.1) is 5.92 Å². The van der Waals surface area contributed by atoms with Crippen molar-refractivity contribution in [2.75, 3.05) is 13.1 Å². The third-order valence-electron chi connectivity index (χ3n) is 3.44. The standard InChI is InChI=1S/C16H21NO2/c1-2-3-5-10-15-11-17(12-15)16(18)19-13-14-8-6-4-7-9-14/h2,4,6-9,15H,1,3,5,10-13H2. The summed E-state index contributed by atoms with van der Waals surface area (Å²) in [6, 6.07) is 9.77. The van der Waals surface area contributed by atoms with Gasteiger partial charge in [-0.15, -0.1) is 6.58 Å². The zero-order chi connectivity index (χ0) is 13.5. The van der Waals surface area contributed by atoms with Crippen LogP contribution in [0.5, 0.6) is 0 Å². The highest BCUT2D eigenvalue weighted by molar-refractivity contribution is 5.68. The van der Waals surface area contributed by atoms with E-state index in [4.69, 9.17) is 4.74 Å². The Labute approximate surface area is 114 Å². The first-order valence-electron chi connectivity index (χ1n) is 6.86. The second-order valence-corrected chi connectivity index (χ2v) is 5.03. The smallest absolute Gasteiger partial charge is 0.410 e. The maximum Gasteiger partial charge on any atom is 0.410 e. The van der Waals surface area contributed by atoms with E-state index < -0.39 is 0 Å². The minimum absolute atomic E-state index is 0.191. The highest BCUT2D eigenvalue weighted by atomic mass is 16.6. The Kier molecular flexibility index (Phi) is 5.01. The molecule has 0 bridgehead atoms. The molecule has 0 atom stereocenters. The van der Waals surface area contributed by atoms with E-state index in [0.717, 1.165) is 25.1 Å². The Balaban J connectivity index is 1.62. The Morgan fingerprint density at radius 1 is 1.37 bits per heavy atom. The molecular formula is C16H21NO2. The molecule has 1 aromatic carbocycles. The summed E-state index contributed by atoms with van der Waals surface area (Å²) in [5.41, 5.74) is 1.03. The van der Waals surface area contributed by atoms with Crippen molar-refractivity contribution in [2.45, 2.75) is 25.9 Å². The summed E-state index contributed by atoms with van der Waals surface area (Å²) in [5.74, 6) is 0.643. The van der Waals surface area contributed by atoms with Gasteiger partial charge < -0.3 is 9.64 Å². The van der Waals surface area contributed by atoms with Crippen molar-refractivity contribution in [2.24, 2.45) is 5.92 Å². The number of ether oxygens (including phenoxy) is 1. The maximum atomic E-state index is 11.8. The van der Waals surface area contributed by atoms with E-state index in [-0.39, 0.29) is 6.09 Å².